The van der Waals surface area contributed by atoms with Crippen LogP contribution in [0.3, 0.4) is 0 Å². The van der Waals surface area contributed by atoms with Gasteiger partial charge in [0.2, 0.25) is 0 Å². The second-order valence-corrected chi connectivity index (χ2v) is 9.11. The highest BCUT2D eigenvalue weighted by Crippen LogP contribution is 2.31. The van der Waals surface area contributed by atoms with Crippen molar-refractivity contribution in [3.05, 3.63) is 126 Å². The van der Waals surface area contributed by atoms with Gasteiger partial charge < -0.3 is 10.3 Å². The minimum Gasteiger partial charge on any atom is -0.340 e. The van der Waals surface area contributed by atoms with E-state index < -0.39 is 0 Å². The third kappa shape index (κ3) is 4.90. The van der Waals surface area contributed by atoms with Gasteiger partial charge in [-0.3, -0.25) is 9.97 Å². The number of fused-ring (bicyclic) bond motifs is 1. The molecule has 0 bridgehead atoms. The van der Waals surface area contributed by atoms with Crippen molar-refractivity contribution in [1.29, 1.82) is 0 Å². The first-order valence-corrected chi connectivity index (χ1v) is 12.5. The topological polar surface area (TPSA) is 66.5 Å². The monoisotopic (exact) mass is 481 g/mol. The van der Waals surface area contributed by atoms with Crippen LogP contribution in [0.5, 0.6) is 0 Å². The van der Waals surface area contributed by atoms with Crippen LogP contribution in [0.25, 0.3) is 44.7 Å². The van der Waals surface area contributed by atoms with E-state index in [-0.39, 0.29) is 0 Å². The average Bonchev–Trinajstić information content (AvgIpc) is 3.38. The van der Waals surface area contributed by atoms with Gasteiger partial charge in [-0.15, -0.1) is 0 Å². The number of hydrogen-bond acceptors (Lipinski definition) is 4. The molecule has 6 aromatic rings. The number of H-pyrrole nitrogens is 1. The molecule has 0 saturated carbocycles. The second kappa shape index (κ2) is 10.2. The van der Waals surface area contributed by atoms with Crippen LogP contribution in [0, 0.1) is 6.92 Å². The van der Waals surface area contributed by atoms with E-state index in [1.54, 1.807) is 0 Å². The van der Waals surface area contributed by atoms with Crippen LogP contribution in [0.2, 0.25) is 0 Å². The first kappa shape index (κ1) is 22.8. The fourth-order valence-electron chi connectivity index (χ4n) is 4.70. The van der Waals surface area contributed by atoms with Crippen molar-refractivity contribution in [2.45, 2.75) is 20.0 Å². The molecule has 37 heavy (non-hydrogen) atoms. The third-order valence-corrected chi connectivity index (χ3v) is 6.49. The summed E-state index contributed by atoms with van der Waals surface area (Å²) in [7, 11) is 0. The number of aromatic amines is 1. The zero-order chi connectivity index (χ0) is 25.0. The van der Waals surface area contributed by atoms with E-state index >= 15 is 0 Å². The molecule has 2 N–H and O–H groups in total. The maximum absolute atomic E-state index is 4.99. The van der Waals surface area contributed by atoms with Crippen molar-refractivity contribution < 1.29 is 0 Å². The van der Waals surface area contributed by atoms with Gasteiger partial charge in [-0.1, -0.05) is 72.8 Å². The summed E-state index contributed by atoms with van der Waals surface area (Å²) in [6.45, 7) is 3.35. The standard InChI is InChI=1S/C32H27N5/c1-22-9-7-15-29(35-22)32-31(25-16-17-28-24(19-25)13-8-18-34-28)36-30(37-32)21-33-20-26-12-5-6-14-27(26)23-10-3-2-4-11-23/h2-19,33H,20-21H2,1H3,(H,36,37). The van der Waals surface area contributed by atoms with Gasteiger partial charge in [-0.2, -0.15) is 0 Å². The van der Waals surface area contributed by atoms with Crippen molar-refractivity contribution in [1.82, 2.24) is 25.3 Å². The molecule has 3 aromatic carbocycles. The molecular formula is C32H27N5. The molecule has 0 atom stereocenters. The minimum absolute atomic E-state index is 0.608. The zero-order valence-corrected chi connectivity index (χ0v) is 20.6. The Hall–Kier alpha value is -4.61. The maximum atomic E-state index is 4.99. The minimum atomic E-state index is 0.608. The summed E-state index contributed by atoms with van der Waals surface area (Å²) in [5, 5.41) is 4.68. The molecule has 0 amide bonds. The number of aromatic nitrogens is 4. The van der Waals surface area contributed by atoms with Crippen LogP contribution in [0.1, 0.15) is 17.1 Å². The van der Waals surface area contributed by atoms with Gasteiger partial charge in [-0.25, -0.2) is 4.98 Å². The number of pyridine rings is 2. The lowest BCUT2D eigenvalue weighted by atomic mass is 10.00. The predicted octanol–water partition coefficient (Wildman–Crippen LogP) is 6.95. The van der Waals surface area contributed by atoms with Crippen LogP contribution in [0.15, 0.2) is 109 Å². The van der Waals surface area contributed by atoms with Crippen molar-refractivity contribution in [2.75, 3.05) is 0 Å². The predicted molar refractivity (Wildman–Crippen MR) is 150 cm³/mol. The Kier molecular flexibility index (Phi) is 6.28. The first-order chi connectivity index (χ1) is 18.2. The fraction of sp³-hybridized carbons (Fsp3) is 0.0938. The summed E-state index contributed by atoms with van der Waals surface area (Å²) < 4.78 is 0. The molecule has 0 aliphatic rings. The number of benzene rings is 3. The van der Waals surface area contributed by atoms with E-state index in [1.807, 2.05) is 43.5 Å². The molecule has 5 heteroatoms. The van der Waals surface area contributed by atoms with Gasteiger partial charge in [0.05, 0.1) is 23.4 Å². The number of aryl methyl sites for hydroxylation is 1. The van der Waals surface area contributed by atoms with Crippen LogP contribution in [-0.2, 0) is 13.1 Å². The first-order valence-electron chi connectivity index (χ1n) is 12.5. The van der Waals surface area contributed by atoms with Crippen molar-refractivity contribution in [3.63, 3.8) is 0 Å². The van der Waals surface area contributed by atoms with Crippen LogP contribution in [0.4, 0.5) is 0 Å². The molecule has 6 rings (SSSR count). The Morgan fingerprint density at radius 1 is 0.730 bits per heavy atom. The quantitative estimate of drug-likeness (QED) is 0.259. The van der Waals surface area contributed by atoms with Crippen LogP contribution >= 0.6 is 0 Å². The van der Waals surface area contributed by atoms with Gasteiger partial charge in [0.1, 0.15) is 11.5 Å². The van der Waals surface area contributed by atoms with E-state index in [4.69, 9.17) is 9.97 Å². The molecule has 0 spiro atoms. The smallest absolute Gasteiger partial charge is 0.121 e. The number of hydrogen-bond donors (Lipinski definition) is 2. The van der Waals surface area contributed by atoms with Gasteiger partial charge in [-0.05, 0) is 53.9 Å². The summed E-state index contributed by atoms with van der Waals surface area (Å²) >= 11 is 0. The summed E-state index contributed by atoms with van der Waals surface area (Å²) in [4.78, 5) is 17.8. The van der Waals surface area contributed by atoms with Crippen molar-refractivity contribution in [2.24, 2.45) is 0 Å². The lowest BCUT2D eigenvalue weighted by Crippen LogP contribution is -2.14. The molecule has 0 unspecified atom stereocenters. The Morgan fingerprint density at radius 3 is 2.49 bits per heavy atom. The Balaban J connectivity index is 1.30. The van der Waals surface area contributed by atoms with E-state index in [0.717, 1.165) is 51.6 Å². The van der Waals surface area contributed by atoms with Crippen LogP contribution < -0.4 is 5.32 Å². The average molecular weight is 482 g/mol. The lowest BCUT2D eigenvalue weighted by molar-refractivity contribution is 0.670. The highest BCUT2D eigenvalue weighted by atomic mass is 15.0. The largest absolute Gasteiger partial charge is 0.340 e. The molecule has 180 valence electrons. The molecule has 0 fully saturated rings. The molecule has 0 aliphatic heterocycles. The Morgan fingerprint density at radius 2 is 1.59 bits per heavy atom. The summed E-state index contributed by atoms with van der Waals surface area (Å²) in [5.41, 5.74) is 9.39. The molecule has 3 aromatic heterocycles. The van der Waals surface area contributed by atoms with Crippen molar-refractivity contribution >= 4 is 10.9 Å². The van der Waals surface area contributed by atoms with Gasteiger partial charge in [0, 0.05) is 29.4 Å². The van der Waals surface area contributed by atoms with E-state index in [1.165, 1.54) is 16.7 Å². The van der Waals surface area contributed by atoms with E-state index in [0.29, 0.717) is 6.54 Å². The fourth-order valence-corrected chi connectivity index (χ4v) is 4.70. The zero-order valence-electron chi connectivity index (χ0n) is 20.6. The summed E-state index contributed by atoms with van der Waals surface area (Å²) in [6, 6.07) is 35.4. The normalized spacial score (nSPS) is 11.2. The van der Waals surface area contributed by atoms with Gasteiger partial charge >= 0.3 is 0 Å². The number of rotatable bonds is 7. The molecule has 0 radical (unpaired) electrons. The molecule has 0 aliphatic carbocycles. The lowest BCUT2D eigenvalue weighted by Gasteiger charge is -2.10. The van der Waals surface area contributed by atoms with Gasteiger partial charge in [0.25, 0.3) is 0 Å². The van der Waals surface area contributed by atoms with E-state index in [2.05, 4.69) is 88.1 Å². The highest BCUT2D eigenvalue weighted by Gasteiger charge is 2.16. The van der Waals surface area contributed by atoms with Gasteiger partial charge in [0.15, 0.2) is 0 Å². The number of nitrogens with zero attached hydrogens (tertiary/aromatic N) is 3. The highest BCUT2D eigenvalue weighted by molar-refractivity contribution is 5.86. The summed E-state index contributed by atoms with van der Waals surface area (Å²) in [6.07, 6.45) is 1.82. The SMILES string of the molecule is Cc1cccc(-c2nc(CNCc3ccccc3-c3ccccc3)[nH]c2-c2ccc3ncccc3c2)n1. The maximum Gasteiger partial charge on any atom is 0.121 e. The summed E-state index contributed by atoms with van der Waals surface area (Å²) in [5.74, 6) is 0.872. The molecular weight excluding hydrogens is 454 g/mol. The van der Waals surface area contributed by atoms with Crippen molar-refractivity contribution in [3.8, 4) is 33.8 Å². The molecule has 5 nitrogen and oxygen atoms in total. The molecule has 0 saturated heterocycles. The number of imidazole rings is 1. The third-order valence-electron chi connectivity index (χ3n) is 6.49. The Bertz CT molecular complexity index is 1670. The Labute approximate surface area is 216 Å². The number of nitrogens with one attached hydrogen (secondary N) is 2. The van der Waals surface area contributed by atoms with E-state index in [9.17, 15) is 0 Å². The second-order valence-electron chi connectivity index (χ2n) is 9.11. The van der Waals surface area contributed by atoms with Crippen LogP contribution in [-0.4, -0.2) is 19.9 Å². The molecule has 3 heterocycles.